The second-order valence-corrected chi connectivity index (χ2v) is 6.39. The number of likely N-dealkylation sites (tertiary alicyclic amines) is 1. The molecule has 0 radical (unpaired) electrons. The Morgan fingerprint density at radius 3 is 2.94 bits per heavy atom. The maximum Gasteiger partial charge on any atom is 0.0408 e. The molecule has 1 aliphatic carbocycles. The van der Waals surface area contributed by atoms with Gasteiger partial charge in [0.15, 0.2) is 0 Å². The highest BCUT2D eigenvalue weighted by Crippen LogP contribution is 2.38. The van der Waals surface area contributed by atoms with Crippen molar-refractivity contribution in [3.05, 3.63) is 34.3 Å². The highest BCUT2D eigenvalue weighted by atomic mass is 35.5. The van der Waals surface area contributed by atoms with Crippen LogP contribution in [0.3, 0.4) is 0 Å². The molecule has 2 N–H and O–H groups in total. The molecule has 0 aromatic heterocycles. The van der Waals surface area contributed by atoms with Crippen LogP contribution >= 0.6 is 11.6 Å². The van der Waals surface area contributed by atoms with E-state index in [0.29, 0.717) is 18.0 Å². The molecule has 3 rings (SSSR count). The molecule has 1 aromatic carbocycles. The summed E-state index contributed by atoms with van der Waals surface area (Å²) >= 11 is 6.07. The van der Waals surface area contributed by atoms with Crippen LogP contribution in [0.4, 0.5) is 0 Å². The summed E-state index contributed by atoms with van der Waals surface area (Å²) in [4.78, 5) is 2.58. The summed E-state index contributed by atoms with van der Waals surface area (Å²) in [6, 6.07) is 7.26. The molecule has 1 heterocycles. The first-order chi connectivity index (χ1) is 8.63. The number of hydrogen-bond acceptors (Lipinski definition) is 2. The number of hydrogen-bond donors (Lipinski definition) is 1. The van der Waals surface area contributed by atoms with Gasteiger partial charge in [-0.2, -0.15) is 0 Å². The molecule has 2 nitrogen and oxygen atoms in total. The number of piperidine rings is 1. The van der Waals surface area contributed by atoms with E-state index >= 15 is 0 Å². The molecule has 1 fully saturated rings. The van der Waals surface area contributed by atoms with E-state index in [-0.39, 0.29) is 0 Å². The molecule has 0 spiro atoms. The Morgan fingerprint density at radius 2 is 2.17 bits per heavy atom. The summed E-state index contributed by atoms with van der Waals surface area (Å²) in [6.07, 6.45) is 3.53. The van der Waals surface area contributed by atoms with Gasteiger partial charge in [0, 0.05) is 30.2 Å². The molecule has 3 heteroatoms. The van der Waals surface area contributed by atoms with Crippen LogP contribution in [0.1, 0.15) is 36.9 Å². The summed E-state index contributed by atoms with van der Waals surface area (Å²) in [5.74, 6) is 0.713. The van der Waals surface area contributed by atoms with E-state index in [1.54, 1.807) is 0 Å². The van der Waals surface area contributed by atoms with Crippen LogP contribution in [0, 0.1) is 5.92 Å². The molecule has 3 unspecified atom stereocenters. The van der Waals surface area contributed by atoms with E-state index in [1.807, 2.05) is 6.07 Å². The van der Waals surface area contributed by atoms with Crippen LogP contribution < -0.4 is 5.73 Å². The van der Waals surface area contributed by atoms with Gasteiger partial charge in [0.05, 0.1) is 0 Å². The molecule has 98 valence electrons. The molecule has 2 aliphatic rings. The topological polar surface area (TPSA) is 29.3 Å². The van der Waals surface area contributed by atoms with Gasteiger partial charge in [-0.05, 0) is 48.4 Å². The summed E-state index contributed by atoms with van der Waals surface area (Å²) in [7, 11) is 0. The Bertz CT molecular complexity index is 436. The Morgan fingerprint density at radius 1 is 1.33 bits per heavy atom. The number of aryl methyl sites for hydroxylation is 1. The minimum absolute atomic E-state index is 0.338. The lowest BCUT2D eigenvalue weighted by Crippen LogP contribution is -2.47. The third kappa shape index (κ3) is 2.29. The number of benzene rings is 1. The number of halogens is 1. The molecule has 3 atom stereocenters. The number of rotatable bonds is 1. The van der Waals surface area contributed by atoms with E-state index < -0.39 is 0 Å². The molecule has 18 heavy (non-hydrogen) atoms. The standard InChI is InChI=1S/C15H21ClN2/c1-10-6-13(17)9-18(8-10)15-5-2-11-7-12(16)3-4-14(11)15/h3-4,7,10,13,15H,2,5-6,8-9,17H2,1H3. The summed E-state index contributed by atoms with van der Waals surface area (Å²) in [6.45, 7) is 4.53. The SMILES string of the molecule is CC1CC(N)CN(C2CCc3cc(Cl)ccc32)C1. The Kier molecular flexibility index (Phi) is 3.35. The van der Waals surface area contributed by atoms with Crippen LogP contribution in [0.5, 0.6) is 0 Å². The van der Waals surface area contributed by atoms with Gasteiger partial charge in [0.2, 0.25) is 0 Å². The van der Waals surface area contributed by atoms with Crippen LogP contribution in [0.15, 0.2) is 18.2 Å². The second-order valence-electron chi connectivity index (χ2n) is 5.95. The van der Waals surface area contributed by atoms with Gasteiger partial charge in [-0.15, -0.1) is 0 Å². The van der Waals surface area contributed by atoms with Crippen molar-refractivity contribution in [3.63, 3.8) is 0 Å². The van der Waals surface area contributed by atoms with E-state index in [2.05, 4.69) is 24.0 Å². The average molecular weight is 265 g/mol. The normalized spacial score (nSPS) is 32.5. The van der Waals surface area contributed by atoms with E-state index in [9.17, 15) is 0 Å². The van der Waals surface area contributed by atoms with E-state index in [0.717, 1.165) is 24.4 Å². The summed E-state index contributed by atoms with van der Waals surface area (Å²) in [5.41, 5.74) is 9.07. The molecule has 0 bridgehead atoms. The van der Waals surface area contributed by atoms with Crippen molar-refractivity contribution in [2.75, 3.05) is 13.1 Å². The smallest absolute Gasteiger partial charge is 0.0408 e. The van der Waals surface area contributed by atoms with Crippen LogP contribution in [-0.4, -0.2) is 24.0 Å². The van der Waals surface area contributed by atoms with Gasteiger partial charge < -0.3 is 5.73 Å². The van der Waals surface area contributed by atoms with Gasteiger partial charge in [-0.1, -0.05) is 24.6 Å². The minimum atomic E-state index is 0.338. The maximum absolute atomic E-state index is 6.16. The van der Waals surface area contributed by atoms with E-state index in [4.69, 9.17) is 17.3 Å². The van der Waals surface area contributed by atoms with Gasteiger partial charge in [0.1, 0.15) is 0 Å². The summed E-state index contributed by atoms with van der Waals surface area (Å²) in [5, 5.41) is 0.859. The fourth-order valence-electron chi connectivity index (χ4n) is 3.64. The van der Waals surface area contributed by atoms with Crippen molar-refractivity contribution in [3.8, 4) is 0 Å². The van der Waals surface area contributed by atoms with Crippen molar-refractivity contribution in [2.45, 2.75) is 38.3 Å². The van der Waals surface area contributed by atoms with Crippen LogP contribution in [0.25, 0.3) is 0 Å². The maximum atomic E-state index is 6.16. The average Bonchev–Trinajstić information content (AvgIpc) is 2.70. The minimum Gasteiger partial charge on any atom is -0.327 e. The monoisotopic (exact) mass is 264 g/mol. The van der Waals surface area contributed by atoms with Gasteiger partial charge in [-0.25, -0.2) is 0 Å². The molecule has 0 saturated carbocycles. The van der Waals surface area contributed by atoms with Crippen molar-refractivity contribution in [1.82, 2.24) is 4.90 Å². The van der Waals surface area contributed by atoms with Gasteiger partial charge in [0.25, 0.3) is 0 Å². The first-order valence-corrected chi connectivity index (χ1v) is 7.29. The quantitative estimate of drug-likeness (QED) is 0.845. The van der Waals surface area contributed by atoms with Crippen molar-refractivity contribution in [1.29, 1.82) is 0 Å². The molecule has 0 amide bonds. The van der Waals surface area contributed by atoms with Crippen LogP contribution in [-0.2, 0) is 6.42 Å². The molecular formula is C15H21ClN2. The first kappa shape index (κ1) is 12.5. The number of nitrogens with two attached hydrogens (primary N) is 1. The Balaban J connectivity index is 1.83. The Hall–Kier alpha value is -0.570. The predicted molar refractivity (Wildman–Crippen MR) is 75.8 cm³/mol. The number of nitrogens with zero attached hydrogens (tertiary/aromatic N) is 1. The largest absolute Gasteiger partial charge is 0.327 e. The zero-order chi connectivity index (χ0) is 12.7. The number of fused-ring (bicyclic) bond motifs is 1. The lowest BCUT2D eigenvalue weighted by atomic mass is 9.94. The third-order valence-corrected chi connectivity index (χ3v) is 4.55. The molecule has 1 aliphatic heterocycles. The second kappa shape index (κ2) is 4.84. The van der Waals surface area contributed by atoms with Gasteiger partial charge >= 0.3 is 0 Å². The highest BCUT2D eigenvalue weighted by molar-refractivity contribution is 6.30. The van der Waals surface area contributed by atoms with Gasteiger partial charge in [-0.3, -0.25) is 4.90 Å². The Labute approximate surface area is 114 Å². The molecular weight excluding hydrogens is 244 g/mol. The van der Waals surface area contributed by atoms with Crippen molar-refractivity contribution >= 4 is 11.6 Å². The lowest BCUT2D eigenvalue weighted by Gasteiger charge is -2.39. The lowest BCUT2D eigenvalue weighted by molar-refractivity contribution is 0.115. The zero-order valence-electron chi connectivity index (χ0n) is 10.9. The third-order valence-electron chi connectivity index (χ3n) is 4.31. The summed E-state index contributed by atoms with van der Waals surface area (Å²) < 4.78 is 0. The predicted octanol–water partition coefficient (Wildman–Crippen LogP) is 3.00. The van der Waals surface area contributed by atoms with Crippen molar-refractivity contribution in [2.24, 2.45) is 11.7 Å². The fourth-order valence-corrected chi connectivity index (χ4v) is 3.83. The molecule has 1 saturated heterocycles. The van der Waals surface area contributed by atoms with Crippen molar-refractivity contribution < 1.29 is 0 Å². The highest BCUT2D eigenvalue weighted by Gasteiger charge is 2.32. The molecule has 1 aromatic rings. The first-order valence-electron chi connectivity index (χ1n) is 6.91. The zero-order valence-corrected chi connectivity index (χ0v) is 11.7. The van der Waals surface area contributed by atoms with E-state index in [1.165, 1.54) is 24.1 Å². The van der Waals surface area contributed by atoms with Crippen LogP contribution in [0.2, 0.25) is 5.02 Å². The fraction of sp³-hybridized carbons (Fsp3) is 0.600.